The van der Waals surface area contributed by atoms with E-state index < -0.39 is 11.7 Å². The van der Waals surface area contributed by atoms with E-state index in [4.69, 9.17) is 5.11 Å². The Morgan fingerprint density at radius 3 is 2.30 bits per heavy atom. The Bertz CT molecular complexity index is 596. The number of rotatable bonds is 3. The van der Waals surface area contributed by atoms with Crippen LogP contribution in [0.5, 0.6) is 5.75 Å². The summed E-state index contributed by atoms with van der Waals surface area (Å²) in [7, 11) is 0. The van der Waals surface area contributed by atoms with Crippen LogP contribution in [0.15, 0.2) is 46.9 Å². The third-order valence-electron chi connectivity index (χ3n) is 2.71. The molecule has 0 radical (unpaired) electrons. The molecule has 0 spiro atoms. The summed E-state index contributed by atoms with van der Waals surface area (Å²) in [6.45, 7) is 0.361. The predicted octanol–water partition coefficient (Wildman–Crippen LogP) is 4.79. The minimum atomic E-state index is -4.37. The Morgan fingerprint density at radius 1 is 1.05 bits per heavy atom. The van der Waals surface area contributed by atoms with Crippen LogP contribution < -0.4 is 5.32 Å². The molecule has 2 N–H and O–H groups in total. The molecule has 0 amide bonds. The molecular formula is C14H11BrF3NO. The van der Waals surface area contributed by atoms with Gasteiger partial charge in [0.05, 0.1) is 5.56 Å². The summed E-state index contributed by atoms with van der Waals surface area (Å²) in [6, 6.07) is 9.90. The normalized spacial score (nSPS) is 11.4. The molecule has 0 heterocycles. The van der Waals surface area contributed by atoms with E-state index in [0.717, 1.165) is 17.7 Å². The average Bonchev–Trinajstić information content (AvgIpc) is 2.38. The van der Waals surface area contributed by atoms with Crippen molar-refractivity contribution in [2.24, 2.45) is 0 Å². The fourth-order valence-electron chi connectivity index (χ4n) is 1.65. The molecule has 0 saturated heterocycles. The van der Waals surface area contributed by atoms with Gasteiger partial charge in [-0.15, -0.1) is 0 Å². The van der Waals surface area contributed by atoms with Gasteiger partial charge in [-0.25, -0.2) is 0 Å². The molecule has 0 bridgehead atoms. The van der Waals surface area contributed by atoms with Gasteiger partial charge in [0.15, 0.2) is 0 Å². The second-order valence-corrected chi connectivity index (χ2v) is 5.07. The predicted molar refractivity (Wildman–Crippen MR) is 74.6 cm³/mol. The van der Waals surface area contributed by atoms with Crippen molar-refractivity contribution < 1.29 is 18.3 Å². The van der Waals surface area contributed by atoms with Crippen LogP contribution in [0.1, 0.15) is 11.1 Å². The first-order valence-electron chi connectivity index (χ1n) is 5.75. The minimum Gasteiger partial charge on any atom is -0.508 e. The molecular weight excluding hydrogens is 335 g/mol. The van der Waals surface area contributed by atoms with E-state index in [9.17, 15) is 13.2 Å². The van der Waals surface area contributed by atoms with Crippen LogP contribution >= 0.6 is 15.9 Å². The summed E-state index contributed by atoms with van der Waals surface area (Å²) >= 11 is 3.21. The number of benzene rings is 2. The highest BCUT2D eigenvalue weighted by Crippen LogP contribution is 2.34. The first-order chi connectivity index (χ1) is 9.36. The SMILES string of the molecule is Oc1ccc(CNc2cc(C(F)(F)F)ccc2Br)cc1. The fraction of sp³-hybridized carbons (Fsp3) is 0.143. The van der Waals surface area contributed by atoms with Crippen LogP contribution in [-0.4, -0.2) is 5.11 Å². The third kappa shape index (κ3) is 3.66. The molecule has 106 valence electrons. The van der Waals surface area contributed by atoms with Gasteiger partial charge in [0, 0.05) is 16.7 Å². The lowest BCUT2D eigenvalue weighted by molar-refractivity contribution is -0.137. The van der Waals surface area contributed by atoms with Gasteiger partial charge in [-0.2, -0.15) is 13.2 Å². The Morgan fingerprint density at radius 2 is 1.70 bits per heavy atom. The maximum absolute atomic E-state index is 12.6. The van der Waals surface area contributed by atoms with Gasteiger partial charge in [0.25, 0.3) is 0 Å². The number of nitrogens with one attached hydrogen (secondary N) is 1. The smallest absolute Gasteiger partial charge is 0.416 e. The van der Waals surface area contributed by atoms with Crippen LogP contribution in [0.4, 0.5) is 18.9 Å². The van der Waals surface area contributed by atoms with Crippen molar-refractivity contribution in [2.75, 3.05) is 5.32 Å². The van der Waals surface area contributed by atoms with Crippen molar-refractivity contribution in [3.63, 3.8) is 0 Å². The number of aromatic hydroxyl groups is 1. The summed E-state index contributed by atoms with van der Waals surface area (Å²) in [5.74, 6) is 0.147. The van der Waals surface area contributed by atoms with Crippen molar-refractivity contribution in [1.82, 2.24) is 0 Å². The highest BCUT2D eigenvalue weighted by Gasteiger charge is 2.30. The average molecular weight is 346 g/mol. The van der Waals surface area contributed by atoms with Crippen LogP contribution in [0.2, 0.25) is 0 Å². The molecule has 0 atom stereocenters. The third-order valence-corrected chi connectivity index (χ3v) is 3.40. The Labute approximate surface area is 122 Å². The zero-order valence-electron chi connectivity index (χ0n) is 10.2. The zero-order valence-corrected chi connectivity index (χ0v) is 11.8. The number of phenolic OH excluding ortho intramolecular Hbond substituents is 1. The molecule has 0 aliphatic carbocycles. The number of alkyl halides is 3. The lowest BCUT2D eigenvalue weighted by Crippen LogP contribution is -2.07. The van der Waals surface area contributed by atoms with Gasteiger partial charge in [-0.1, -0.05) is 12.1 Å². The first-order valence-corrected chi connectivity index (χ1v) is 6.54. The molecule has 2 rings (SSSR count). The topological polar surface area (TPSA) is 32.3 Å². The van der Waals surface area contributed by atoms with Gasteiger partial charge in [0.1, 0.15) is 5.75 Å². The van der Waals surface area contributed by atoms with Gasteiger partial charge in [0.2, 0.25) is 0 Å². The Kier molecular flexibility index (Phi) is 4.23. The monoisotopic (exact) mass is 345 g/mol. The summed E-state index contributed by atoms with van der Waals surface area (Å²) in [6.07, 6.45) is -4.37. The van der Waals surface area contributed by atoms with Crippen molar-refractivity contribution in [3.05, 3.63) is 58.1 Å². The van der Waals surface area contributed by atoms with E-state index in [-0.39, 0.29) is 5.75 Å². The fourth-order valence-corrected chi connectivity index (χ4v) is 2.03. The van der Waals surface area contributed by atoms with Crippen molar-refractivity contribution in [2.45, 2.75) is 12.7 Å². The highest BCUT2D eigenvalue weighted by atomic mass is 79.9. The minimum absolute atomic E-state index is 0.147. The summed E-state index contributed by atoms with van der Waals surface area (Å²) in [5.41, 5.74) is 0.522. The Hall–Kier alpha value is -1.69. The molecule has 0 aliphatic rings. The molecule has 0 fully saturated rings. The molecule has 0 aliphatic heterocycles. The van der Waals surface area contributed by atoms with Crippen molar-refractivity contribution in [3.8, 4) is 5.75 Å². The quantitative estimate of drug-likeness (QED) is 0.838. The lowest BCUT2D eigenvalue weighted by atomic mass is 10.1. The molecule has 0 saturated carbocycles. The van der Waals surface area contributed by atoms with E-state index in [1.54, 1.807) is 12.1 Å². The van der Waals surface area contributed by atoms with Crippen LogP contribution in [0, 0.1) is 0 Å². The molecule has 2 aromatic carbocycles. The maximum Gasteiger partial charge on any atom is 0.416 e. The number of phenols is 1. The van der Waals surface area contributed by atoms with E-state index in [1.165, 1.54) is 18.2 Å². The Balaban J connectivity index is 2.14. The van der Waals surface area contributed by atoms with Gasteiger partial charge in [-0.05, 0) is 51.8 Å². The van der Waals surface area contributed by atoms with Crippen LogP contribution in [-0.2, 0) is 12.7 Å². The highest BCUT2D eigenvalue weighted by molar-refractivity contribution is 9.10. The molecule has 0 unspecified atom stereocenters. The lowest BCUT2D eigenvalue weighted by Gasteiger charge is -2.12. The number of hydrogen-bond donors (Lipinski definition) is 2. The number of hydrogen-bond acceptors (Lipinski definition) is 2. The van der Waals surface area contributed by atoms with E-state index in [1.807, 2.05) is 0 Å². The van der Waals surface area contributed by atoms with Gasteiger partial charge in [-0.3, -0.25) is 0 Å². The molecule has 2 nitrogen and oxygen atoms in total. The second kappa shape index (κ2) is 5.75. The standard InChI is InChI=1S/C14H11BrF3NO/c15-12-6-3-10(14(16,17)18)7-13(12)19-8-9-1-4-11(20)5-2-9/h1-7,19-20H,8H2. The summed E-state index contributed by atoms with van der Waals surface area (Å²) in [5, 5.41) is 12.1. The maximum atomic E-state index is 12.6. The second-order valence-electron chi connectivity index (χ2n) is 4.21. The molecule has 6 heteroatoms. The van der Waals surface area contributed by atoms with Crippen molar-refractivity contribution >= 4 is 21.6 Å². The van der Waals surface area contributed by atoms with Crippen LogP contribution in [0.25, 0.3) is 0 Å². The van der Waals surface area contributed by atoms with Gasteiger partial charge < -0.3 is 10.4 Å². The molecule has 20 heavy (non-hydrogen) atoms. The zero-order chi connectivity index (χ0) is 14.8. The number of halogens is 4. The van der Waals surface area contributed by atoms with Crippen molar-refractivity contribution in [1.29, 1.82) is 0 Å². The number of anilines is 1. The van der Waals surface area contributed by atoms with Crippen LogP contribution in [0.3, 0.4) is 0 Å². The largest absolute Gasteiger partial charge is 0.508 e. The van der Waals surface area contributed by atoms with E-state index >= 15 is 0 Å². The van der Waals surface area contributed by atoms with E-state index in [2.05, 4.69) is 21.2 Å². The molecule has 2 aromatic rings. The first kappa shape index (κ1) is 14.7. The summed E-state index contributed by atoms with van der Waals surface area (Å²) < 4.78 is 38.5. The molecule has 0 aromatic heterocycles. The summed E-state index contributed by atoms with van der Waals surface area (Å²) in [4.78, 5) is 0. The van der Waals surface area contributed by atoms with E-state index in [0.29, 0.717) is 16.7 Å². The van der Waals surface area contributed by atoms with Gasteiger partial charge >= 0.3 is 6.18 Å².